The average molecular weight is 705 g/mol. The highest BCUT2D eigenvalue weighted by atomic mass is 19.1. The molecule has 0 saturated heterocycles. The molecule has 0 aromatic heterocycles. The first-order valence-electron chi connectivity index (χ1n) is 15.8. The van der Waals surface area contributed by atoms with Crippen LogP contribution in [0.3, 0.4) is 0 Å². The summed E-state index contributed by atoms with van der Waals surface area (Å²) in [6.07, 6.45) is -0.978. The van der Waals surface area contributed by atoms with Crippen molar-refractivity contribution in [1.82, 2.24) is 5.32 Å². The summed E-state index contributed by atoms with van der Waals surface area (Å²) in [5.74, 6) is -5.74. The Bertz CT molecular complexity index is 1660. The quantitative estimate of drug-likeness (QED) is 0.0945. The van der Waals surface area contributed by atoms with Gasteiger partial charge in [0.1, 0.15) is 13.2 Å². The van der Waals surface area contributed by atoms with E-state index in [4.69, 9.17) is 9.47 Å². The molecule has 50 heavy (non-hydrogen) atoms. The van der Waals surface area contributed by atoms with E-state index in [-0.39, 0.29) is 37.2 Å². The number of amides is 1. The minimum absolute atomic E-state index is 0.00494. The van der Waals surface area contributed by atoms with E-state index in [0.717, 1.165) is 0 Å². The van der Waals surface area contributed by atoms with Crippen molar-refractivity contribution < 1.29 is 68.2 Å². The van der Waals surface area contributed by atoms with Gasteiger partial charge in [0.2, 0.25) is 5.78 Å². The number of carbonyl (C=O) groups is 5. The third-order valence-electron chi connectivity index (χ3n) is 11.1. The molecule has 17 heteroatoms. The lowest BCUT2D eigenvalue weighted by atomic mass is 9.45. The second kappa shape index (κ2) is 13.2. The van der Waals surface area contributed by atoms with E-state index in [0.29, 0.717) is 11.1 Å². The zero-order valence-electron chi connectivity index (χ0n) is 27.1. The number of hydrogen-bond donors (Lipinski definition) is 5. The number of benzene rings is 1. The van der Waals surface area contributed by atoms with Gasteiger partial charge in [-0.15, -0.1) is 10.1 Å². The number of carboxylic acids is 1. The fourth-order valence-electron chi connectivity index (χ4n) is 8.34. The van der Waals surface area contributed by atoms with E-state index in [1.165, 1.54) is 43.3 Å². The number of fused-ring (bicyclic) bond motifs is 5. The number of alkyl halides is 1. The molecule has 1 unspecified atom stereocenters. The summed E-state index contributed by atoms with van der Waals surface area (Å²) in [5.41, 5.74) is -6.92. The molecule has 4 aliphatic rings. The SMILES string of the molecule is C[C@]12C=CC(=O)CC1=CC[C@H]1[C@@H]3C[C@@H](O)[C@](O)(C(=O)COC(=O)NC(COC(=O)c4ccc(CO[N+](=O)[O-])cc4)C(=O)O)[C@@]3(C)C[C@H](O)[C@@]12F. The Morgan fingerprint density at radius 1 is 1.10 bits per heavy atom. The van der Waals surface area contributed by atoms with Crippen LogP contribution in [0.1, 0.15) is 55.5 Å². The Kier molecular flexibility index (Phi) is 9.64. The second-order valence-corrected chi connectivity index (χ2v) is 13.6. The second-order valence-electron chi connectivity index (χ2n) is 13.6. The zero-order chi connectivity index (χ0) is 36.8. The predicted octanol–water partition coefficient (Wildman–Crippen LogP) is 1.37. The van der Waals surface area contributed by atoms with Gasteiger partial charge in [-0.2, -0.15) is 0 Å². The average Bonchev–Trinajstić information content (AvgIpc) is 3.26. The summed E-state index contributed by atoms with van der Waals surface area (Å²) in [5, 5.41) is 55.1. The van der Waals surface area contributed by atoms with Gasteiger partial charge >= 0.3 is 18.0 Å². The van der Waals surface area contributed by atoms with Gasteiger partial charge in [-0.1, -0.05) is 36.8 Å². The van der Waals surface area contributed by atoms with Crippen molar-refractivity contribution >= 4 is 29.6 Å². The van der Waals surface area contributed by atoms with Crippen LogP contribution in [0.15, 0.2) is 48.1 Å². The van der Waals surface area contributed by atoms with Crippen LogP contribution in [-0.2, 0) is 35.3 Å². The lowest BCUT2D eigenvalue weighted by molar-refractivity contribution is -0.763. The van der Waals surface area contributed by atoms with E-state index >= 15 is 4.39 Å². The smallest absolute Gasteiger partial charge is 0.408 e. The van der Waals surface area contributed by atoms with Crippen LogP contribution >= 0.6 is 0 Å². The highest BCUT2D eigenvalue weighted by Gasteiger charge is 2.76. The minimum Gasteiger partial charge on any atom is -0.480 e. The number of nitrogens with zero attached hydrogens (tertiary/aromatic N) is 1. The molecule has 5 N–H and O–H groups in total. The third-order valence-corrected chi connectivity index (χ3v) is 11.1. The molecule has 0 spiro atoms. The molecular formula is C33H37FN2O14. The molecule has 270 valence electrons. The van der Waals surface area contributed by atoms with Crippen LogP contribution in [0.2, 0.25) is 0 Å². The van der Waals surface area contributed by atoms with Crippen molar-refractivity contribution in [1.29, 1.82) is 0 Å². The number of ether oxygens (including phenoxy) is 2. The highest BCUT2D eigenvalue weighted by molar-refractivity contribution is 5.94. The number of nitrogens with one attached hydrogen (secondary N) is 1. The van der Waals surface area contributed by atoms with E-state index in [1.54, 1.807) is 13.0 Å². The zero-order valence-corrected chi connectivity index (χ0v) is 27.1. The number of carbonyl (C=O) groups excluding carboxylic acids is 4. The van der Waals surface area contributed by atoms with Crippen LogP contribution in [0.25, 0.3) is 0 Å². The van der Waals surface area contributed by atoms with Gasteiger partial charge in [-0.05, 0) is 55.9 Å². The molecule has 0 radical (unpaired) electrons. The Hall–Kier alpha value is -4.74. The van der Waals surface area contributed by atoms with Crippen molar-refractivity contribution in [2.75, 3.05) is 13.2 Å². The van der Waals surface area contributed by atoms with Gasteiger partial charge in [0, 0.05) is 23.2 Å². The van der Waals surface area contributed by atoms with Crippen molar-refractivity contribution in [2.45, 2.75) is 75.7 Å². The number of aliphatic hydroxyl groups is 3. The number of alkyl carbamates (subject to hydrolysis) is 1. The number of halogens is 1. The Balaban J connectivity index is 1.22. The molecule has 1 aromatic rings. The van der Waals surface area contributed by atoms with E-state index in [9.17, 15) is 54.5 Å². The van der Waals surface area contributed by atoms with Gasteiger partial charge in [-0.25, -0.2) is 18.8 Å². The fraction of sp³-hybridized carbons (Fsp3) is 0.545. The summed E-state index contributed by atoms with van der Waals surface area (Å²) in [7, 11) is 0. The standard InChI is InChI=1S/C33H37FN2O14/c1-30-10-9-20(37)11-19(30)7-8-21-22-12-24(38)33(45,31(22,2)13-25(39)32(21,30)34)26(40)16-49-29(44)35-23(27(41)42)15-48-28(43)18-5-3-17(4-6-18)14-50-36(46)47/h3-7,9-10,21-25,38-39,45H,8,11-16H2,1-2H3,(H,35,44)(H,41,42)/t21-,22-,23?,24+,25-,30-,31-,32-,33-/m0/s1. The molecule has 0 bridgehead atoms. The molecule has 1 amide bonds. The number of ketones is 2. The van der Waals surface area contributed by atoms with Gasteiger partial charge < -0.3 is 40.1 Å². The molecule has 4 aliphatic carbocycles. The maximum absolute atomic E-state index is 17.3. The number of allylic oxidation sites excluding steroid dienone is 4. The van der Waals surface area contributed by atoms with E-state index in [2.05, 4.69) is 4.84 Å². The molecular weight excluding hydrogens is 667 g/mol. The highest BCUT2D eigenvalue weighted by Crippen LogP contribution is 2.69. The normalized spacial score (nSPS) is 34.6. The topological polar surface area (TPSA) is 249 Å². The van der Waals surface area contributed by atoms with Crippen molar-refractivity contribution in [3.63, 3.8) is 0 Å². The predicted molar refractivity (Wildman–Crippen MR) is 164 cm³/mol. The first-order valence-corrected chi connectivity index (χ1v) is 15.8. The number of hydrogen-bond acceptors (Lipinski definition) is 13. The maximum Gasteiger partial charge on any atom is 0.408 e. The lowest BCUT2D eigenvalue weighted by Crippen LogP contribution is -2.69. The number of esters is 1. The summed E-state index contributed by atoms with van der Waals surface area (Å²) in [6, 6.07) is 3.38. The van der Waals surface area contributed by atoms with Gasteiger partial charge in [0.05, 0.1) is 17.8 Å². The van der Waals surface area contributed by atoms with Crippen molar-refractivity contribution in [3.8, 4) is 0 Å². The first kappa shape index (κ1) is 36.5. The largest absolute Gasteiger partial charge is 0.480 e. The third kappa shape index (κ3) is 5.92. The summed E-state index contributed by atoms with van der Waals surface area (Å²) in [6.45, 7) is 0.689. The molecule has 5 rings (SSSR count). The molecule has 0 heterocycles. The van der Waals surface area contributed by atoms with E-state index < -0.39 is 101 Å². The van der Waals surface area contributed by atoms with Gasteiger partial charge in [-0.3, -0.25) is 9.59 Å². The number of carboxylic acid groups (broad SMARTS) is 1. The van der Waals surface area contributed by atoms with Gasteiger partial charge in [0.15, 0.2) is 29.7 Å². The van der Waals surface area contributed by atoms with Crippen molar-refractivity contribution in [3.05, 3.63) is 69.3 Å². The molecule has 9 atom stereocenters. The summed E-state index contributed by atoms with van der Waals surface area (Å²) in [4.78, 5) is 76.8. The van der Waals surface area contributed by atoms with E-state index in [1.807, 2.05) is 5.32 Å². The molecule has 2 fully saturated rings. The molecule has 0 aliphatic heterocycles. The number of rotatable bonds is 11. The minimum atomic E-state index is -2.59. The lowest BCUT2D eigenvalue weighted by Gasteiger charge is -2.61. The van der Waals surface area contributed by atoms with Crippen LogP contribution in [0, 0.1) is 32.8 Å². The van der Waals surface area contributed by atoms with Crippen LogP contribution in [0.5, 0.6) is 0 Å². The van der Waals surface area contributed by atoms with Crippen LogP contribution in [-0.4, -0.2) is 97.8 Å². The van der Waals surface area contributed by atoms with Gasteiger partial charge in [0.25, 0.3) is 5.09 Å². The Morgan fingerprint density at radius 2 is 1.78 bits per heavy atom. The van der Waals surface area contributed by atoms with Crippen LogP contribution in [0.4, 0.5) is 9.18 Å². The number of aliphatic carboxylic acids is 1. The monoisotopic (exact) mass is 704 g/mol. The Morgan fingerprint density at radius 3 is 2.42 bits per heavy atom. The number of Topliss-reactive ketones (excluding diaryl/α,β-unsaturated/α-hetero) is 1. The summed E-state index contributed by atoms with van der Waals surface area (Å²) < 4.78 is 27.1. The fourth-order valence-corrected chi connectivity index (χ4v) is 8.34. The molecule has 1 aromatic carbocycles. The first-order chi connectivity index (χ1) is 23.4. The maximum atomic E-state index is 17.3. The number of aliphatic hydroxyl groups excluding tert-OH is 2. The molecule has 16 nitrogen and oxygen atoms in total. The Labute approximate surface area is 284 Å². The summed E-state index contributed by atoms with van der Waals surface area (Å²) >= 11 is 0. The van der Waals surface area contributed by atoms with Crippen molar-refractivity contribution in [2.24, 2.45) is 22.7 Å². The molecule has 2 saturated carbocycles. The van der Waals surface area contributed by atoms with Crippen LogP contribution < -0.4 is 5.32 Å².